The highest BCUT2D eigenvalue weighted by atomic mass is 16.1. The first-order chi connectivity index (χ1) is 13.2. The number of aromatic nitrogens is 5. The van der Waals surface area contributed by atoms with Gasteiger partial charge < -0.3 is 10.2 Å². The third kappa shape index (κ3) is 3.94. The summed E-state index contributed by atoms with van der Waals surface area (Å²) in [5, 5.41) is 15.6. The van der Waals surface area contributed by atoms with Crippen molar-refractivity contribution in [2.24, 2.45) is 5.92 Å². The van der Waals surface area contributed by atoms with Crippen molar-refractivity contribution in [3.63, 3.8) is 0 Å². The summed E-state index contributed by atoms with van der Waals surface area (Å²) in [4.78, 5) is 18.6. The minimum atomic E-state index is 0.0177. The van der Waals surface area contributed by atoms with E-state index in [0.29, 0.717) is 5.82 Å². The number of benzene rings is 1. The topological polar surface area (TPSA) is 88.8 Å². The van der Waals surface area contributed by atoms with Crippen LogP contribution in [0.4, 0.5) is 11.5 Å². The van der Waals surface area contributed by atoms with Crippen molar-refractivity contribution in [2.75, 3.05) is 23.3 Å². The Labute approximate surface area is 157 Å². The van der Waals surface area contributed by atoms with Gasteiger partial charge in [0.1, 0.15) is 12.7 Å². The fraction of sp³-hybridized carbons (Fsp3) is 0.316. The molecule has 1 aromatic carbocycles. The summed E-state index contributed by atoms with van der Waals surface area (Å²) in [6, 6.07) is 11.7. The minimum Gasteiger partial charge on any atom is -0.355 e. The van der Waals surface area contributed by atoms with Crippen molar-refractivity contribution in [3.8, 4) is 5.82 Å². The summed E-state index contributed by atoms with van der Waals surface area (Å²) in [5.41, 5.74) is 1.99. The summed E-state index contributed by atoms with van der Waals surface area (Å²) in [7, 11) is 0. The molecule has 1 aliphatic rings. The van der Waals surface area contributed by atoms with Crippen molar-refractivity contribution in [2.45, 2.75) is 19.8 Å². The maximum atomic E-state index is 12.5. The Hall–Kier alpha value is -3.29. The van der Waals surface area contributed by atoms with Gasteiger partial charge in [0.25, 0.3) is 0 Å². The van der Waals surface area contributed by atoms with E-state index in [2.05, 4.69) is 30.5 Å². The van der Waals surface area contributed by atoms with Crippen LogP contribution in [-0.4, -0.2) is 44.0 Å². The molecular weight excluding hydrogens is 342 g/mol. The Morgan fingerprint density at radius 3 is 2.56 bits per heavy atom. The molecule has 8 nitrogen and oxygen atoms in total. The minimum absolute atomic E-state index is 0.0177. The van der Waals surface area contributed by atoms with Gasteiger partial charge in [-0.15, -0.1) is 10.2 Å². The monoisotopic (exact) mass is 363 g/mol. The van der Waals surface area contributed by atoms with Crippen molar-refractivity contribution in [1.82, 2.24) is 25.0 Å². The quantitative estimate of drug-likeness (QED) is 0.765. The number of piperidine rings is 1. The van der Waals surface area contributed by atoms with Gasteiger partial charge >= 0.3 is 0 Å². The predicted octanol–water partition coefficient (Wildman–Crippen LogP) is 2.22. The summed E-state index contributed by atoms with van der Waals surface area (Å²) in [6.45, 7) is 3.58. The zero-order valence-electron chi connectivity index (χ0n) is 15.1. The molecule has 1 amide bonds. The van der Waals surface area contributed by atoms with Crippen molar-refractivity contribution < 1.29 is 4.79 Å². The second kappa shape index (κ2) is 7.53. The number of anilines is 2. The van der Waals surface area contributed by atoms with Crippen LogP contribution < -0.4 is 10.2 Å². The number of hydrogen-bond donors (Lipinski definition) is 1. The van der Waals surface area contributed by atoms with E-state index in [1.165, 1.54) is 6.33 Å². The van der Waals surface area contributed by atoms with E-state index in [1.54, 1.807) is 11.0 Å². The van der Waals surface area contributed by atoms with Crippen LogP contribution in [0.3, 0.4) is 0 Å². The molecule has 27 heavy (non-hydrogen) atoms. The second-order valence-electron chi connectivity index (χ2n) is 6.71. The highest BCUT2D eigenvalue weighted by Gasteiger charge is 2.26. The number of aryl methyl sites for hydroxylation is 1. The van der Waals surface area contributed by atoms with Crippen molar-refractivity contribution in [3.05, 3.63) is 54.6 Å². The maximum absolute atomic E-state index is 12.5. The first-order valence-corrected chi connectivity index (χ1v) is 9.00. The third-order valence-electron chi connectivity index (χ3n) is 4.77. The average Bonchev–Trinajstić information content (AvgIpc) is 3.23. The van der Waals surface area contributed by atoms with Gasteiger partial charge in [-0.05, 0) is 49.6 Å². The molecule has 0 atom stereocenters. The lowest BCUT2D eigenvalue weighted by Crippen LogP contribution is -2.38. The van der Waals surface area contributed by atoms with Gasteiger partial charge in [0.2, 0.25) is 5.91 Å². The lowest BCUT2D eigenvalue weighted by molar-refractivity contribution is -0.120. The molecule has 2 aromatic heterocycles. The molecule has 0 bridgehead atoms. The van der Waals surface area contributed by atoms with Crippen LogP contribution >= 0.6 is 0 Å². The maximum Gasteiger partial charge on any atom is 0.227 e. The molecule has 1 aliphatic heterocycles. The van der Waals surface area contributed by atoms with E-state index >= 15 is 0 Å². The Morgan fingerprint density at radius 1 is 1.11 bits per heavy atom. The fourth-order valence-electron chi connectivity index (χ4n) is 3.27. The average molecular weight is 363 g/mol. The smallest absolute Gasteiger partial charge is 0.227 e. The van der Waals surface area contributed by atoms with Crippen LogP contribution in [-0.2, 0) is 4.79 Å². The lowest BCUT2D eigenvalue weighted by Gasteiger charge is -2.31. The molecule has 4 rings (SSSR count). The highest BCUT2D eigenvalue weighted by molar-refractivity contribution is 5.92. The summed E-state index contributed by atoms with van der Waals surface area (Å²) < 4.78 is 1.57. The SMILES string of the molecule is Cc1cccc(NC(=O)C2CCN(c3ccc(-n4cncn4)nn3)CC2)c1. The molecule has 3 heterocycles. The van der Waals surface area contributed by atoms with E-state index < -0.39 is 0 Å². The van der Waals surface area contributed by atoms with Crippen LogP contribution in [0.5, 0.6) is 0 Å². The molecule has 0 aliphatic carbocycles. The molecule has 3 aromatic rings. The van der Waals surface area contributed by atoms with Gasteiger partial charge in [0, 0.05) is 24.7 Å². The summed E-state index contributed by atoms with van der Waals surface area (Å²) in [5.74, 6) is 1.55. The van der Waals surface area contributed by atoms with E-state index in [1.807, 2.05) is 43.3 Å². The van der Waals surface area contributed by atoms with Gasteiger partial charge in [0.15, 0.2) is 11.6 Å². The molecule has 138 valence electrons. The van der Waals surface area contributed by atoms with E-state index in [9.17, 15) is 4.79 Å². The van der Waals surface area contributed by atoms with Crippen molar-refractivity contribution >= 4 is 17.4 Å². The normalized spacial score (nSPS) is 14.9. The standard InChI is InChI=1S/C19H21N7O/c1-14-3-2-4-16(11-14)22-19(27)15-7-9-25(10-8-15)17-5-6-18(24-23-17)26-13-20-12-21-26/h2-6,11-13,15H,7-10H2,1H3,(H,22,27). The Balaban J connectivity index is 1.34. The predicted molar refractivity (Wildman–Crippen MR) is 102 cm³/mol. The van der Waals surface area contributed by atoms with Crippen LogP contribution in [0.25, 0.3) is 5.82 Å². The van der Waals surface area contributed by atoms with Crippen LogP contribution in [0.15, 0.2) is 49.1 Å². The highest BCUT2D eigenvalue weighted by Crippen LogP contribution is 2.23. The lowest BCUT2D eigenvalue weighted by atomic mass is 9.95. The molecule has 0 radical (unpaired) electrons. The van der Waals surface area contributed by atoms with Crippen LogP contribution in [0, 0.1) is 12.8 Å². The Bertz CT molecular complexity index is 900. The number of hydrogen-bond acceptors (Lipinski definition) is 6. The Morgan fingerprint density at radius 2 is 1.89 bits per heavy atom. The molecule has 8 heteroatoms. The molecule has 1 saturated heterocycles. The number of amides is 1. The van der Waals surface area contributed by atoms with Crippen molar-refractivity contribution in [1.29, 1.82) is 0 Å². The van der Waals surface area contributed by atoms with E-state index in [-0.39, 0.29) is 11.8 Å². The van der Waals surface area contributed by atoms with Gasteiger partial charge in [-0.2, -0.15) is 5.10 Å². The first-order valence-electron chi connectivity index (χ1n) is 9.00. The van der Waals surface area contributed by atoms with E-state index in [0.717, 1.165) is 43.0 Å². The molecule has 1 fully saturated rings. The second-order valence-corrected chi connectivity index (χ2v) is 6.71. The Kier molecular flexibility index (Phi) is 4.78. The number of carbonyl (C=O) groups excluding carboxylic acids is 1. The van der Waals surface area contributed by atoms with Gasteiger partial charge in [-0.1, -0.05) is 12.1 Å². The molecule has 0 spiro atoms. The molecule has 0 unspecified atom stereocenters. The zero-order valence-corrected chi connectivity index (χ0v) is 15.1. The number of carbonyl (C=O) groups is 1. The first kappa shape index (κ1) is 17.1. The zero-order chi connectivity index (χ0) is 18.6. The van der Waals surface area contributed by atoms with Gasteiger partial charge in [-0.3, -0.25) is 4.79 Å². The molecule has 0 saturated carbocycles. The summed E-state index contributed by atoms with van der Waals surface area (Å²) in [6.07, 6.45) is 4.64. The number of nitrogens with one attached hydrogen (secondary N) is 1. The van der Waals surface area contributed by atoms with Gasteiger partial charge in [0.05, 0.1) is 0 Å². The molecular formula is C19H21N7O. The molecule has 1 N–H and O–H groups in total. The number of rotatable bonds is 4. The number of nitrogens with zero attached hydrogens (tertiary/aromatic N) is 6. The largest absolute Gasteiger partial charge is 0.355 e. The van der Waals surface area contributed by atoms with Gasteiger partial charge in [-0.25, -0.2) is 9.67 Å². The fourth-order valence-corrected chi connectivity index (χ4v) is 3.27. The summed E-state index contributed by atoms with van der Waals surface area (Å²) >= 11 is 0. The third-order valence-corrected chi connectivity index (χ3v) is 4.77. The van der Waals surface area contributed by atoms with E-state index in [4.69, 9.17) is 0 Å². The van der Waals surface area contributed by atoms with Crippen LogP contribution in [0.2, 0.25) is 0 Å². The van der Waals surface area contributed by atoms with Crippen LogP contribution in [0.1, 0.15) is 18.4 Å².